The van der Waals surface area contributed by atoms with Crippen LogP contribution in [0.1, 0.15) is 82.8 Å². The van der Waals surface area contributed by atoms with Gasteiger partial charge >= 0.3 is 0 Å². The molecule has 2 aromatic heterocycles. The van der Waals surface area contributed by atoms with E-state index < -0.39 is 0 Å². The number of benzene rings is 3. The van der Waals surface area contributed by atoms with Gasteiger partial charge in [0.2, 0.25) is 0 Å². The molecule has 0 saturated heterocycles. The summed E-state index contributed by atoms with van der Waals surface area (Å²) in [5, 5.41) is 2.30. The van der Waals surface area contributed by atoms with Crippen LogP contribution in [0, 0.1) is 6.92 Å². The van der Waals surface area contributed by atoms with Crippen molar-refractivity contribution in [1.29, 1.82) is 0 Å². The highest BCUT2D eigenvalue weighted by Crippen LogP contribution is 2.38. The molecule has 0 radical (unpaired) electrons. The minimum Gasteiger partial charge on any atom is -0.252 e. The van der Waals surface area contributed by atoms with Crippen LogP contribution in [-0.2, 0) is 6.42 Å². The predicted molar refractivity (Wildman–Crippen MR) is 218 cm³/mol. The summed E-state index contributed by atoms with van der Waals surface area (Å²) in [6, 6.07) is 30.2. The fraction of sp³-hybridized carbons (Fsp3) is 0.122. The highest BCUT2D eigenvalue weighted by atomic mass is 14.8. The Morgan fingerprint density at radius 1 is 0.804 bits per heavy atom. The molecule has 0 aliphatic heterocycles. The van der Waals surface area contributed by atoms with Gasteiger partial charge in [0.15, 0.2) is 0 Å². The third-order valence-electron chi connectivity index (χ3n) is 9.97. The topological polar surface area (TPSA) is 25.8 Å². The van der Waals surface area contributed by atoms with Gasteiger partial charge in [0.1, 0.15) is 0 Å². The highest BCUT2D eigenvalue weighted by molar-refractivity contribution is 5.93. The molecule has 5 aromatic rings. The van der Waals surface area contributed by atoms with E-state index in [1.807, 2.05) is 0 Å². The summed E-state index contributed by atoms with van der Waals surface area (Å²) in [6.07, 6.45) is 26.9. The molecule has 2 heterocycles. The van der Waals surface area contributed by atoms with Crippen LogP contribution in [0.3, 0.4) is 0 Å². The zero-order valence-corrected chi connectivity index (χ0v) is 29.4. The third-order valence-corrected chi connectivity index (χ3v) is 9.97. The second-order valence-corrected chi connectivity index (χ2v) is 13.3. The van der Waals surface area contributed by atoms with Crippen molar-refractivity contribution in [2.45, 2.75) is 40.0 Å². The van der Waals surface area contributed by atoms with Crippen molar-refractivity contribution in [2.75, 3.05) is 0 Å². The highest BCUT2D eigenvalue weighted by Gasteiger charge is 2.22. The van der Waals surface area contributed by atoms with Gasteiger partial charge in [0.05, 0.1) is 22.8 Å². The fourth-order valence-corrected chi connectivity index (χ4v) is 7.27. The first-order chi connectivity index (χ1) is 25.1. The lowest BCUT2D eigenvalue weighted by Crippen LogP contribution is -2.25. The standard InChI is InChI=1S/C49H40N2/c1-4-6-15-34(5-2)44-30-46(38-24-23-37-21-12-14-33(3)41(37)26-25-38)50-48-32-49-43(28-27-42(44)48)45(36-17-8-7-9-18-36)31-47(51-49)40-22-13-20-35-16-10-11-19-39(35)29-40/h5-21,23-25,27-31H,4,22,32H2,1-3H3/b15-6-,34-5+. The zero-order valence-electron chi connectivity index (χ0n) is 29.4. The molecule has 0 bridgehead atoms. The lowest BCUT2D eigenvalue weighted by Gasteiger charge is -2.16. The predicted octanol–water partition coefficient (Wildman–Crippen LogP) is 10.7. The maximum atomic E-state index is 5.47. The second kappa shape index (κ2) is 14.0. The minimum absolute atomic E-state index is 0.615. The van der Waals surface area contributed by atoms with Crippen LogP contribution >= 0.6 is 0 Å². The molecule has 0 N–H and O–H groups in total. The van der Waals surface area contributed by atoms with E-state index >= 15 is 0 Å². The Morgan fingerprint density at radius 3 is 2.43 bits per heavy atom. The minimum atomic E-state index is 0.615. The molecule has 0 fully saturated rings. The Labute approximate surface area is 301 Å². The first-order valence-corrected chi connectivity index (χ1v) is 18.0. The van der Waals surface area contributed by atoms with Crippen molar-refractivity contribution < 1.29 is 0 Å². The van der Waals surface area contributed by atoms with E-state index in [0.29, 0.717) is 6.42 Å². The van der Waals surface area contributed by atoms with Crippen LogP contribution in [0.2, 0.25) is 0 Å². The molecule has 0 unspecified atom stereocenters. The summed E-state index contributed by atoms with van der Waals surface area (Å²) < 4.78 is 0. The molecule has 246 valence electrons. The van der Waals surface area contributed by atoms with E-state index in [1.165, 1.54) is 49.7 Å². The Kier molecular flexibility index (Phi) is 8.85. The van der Waals surface area contributed by atoms with Crippen LogP contribution in [0.25, 0.3) is 64.0 Å². The van der Waals surface area contributed by atoms with Crippen molar-refractivity contribution in [3.8, 4) is 11.1 Å². The smallest absolute Gasteiger partial charge is 0.0718 e. The lowest BCUT2D eigenvalue weighted by atomic mass is 9.93. The Hall–Kier alpha value is -6.08. The van der Waals surface area contributed by atoms with Crippen molar-refractivity contribution in [2.24, 2.45) is 0 Å². The molecule has 2 nitrogen and oxygen atoms in total. The van der Waals surface area contributed by atoms with E-state index in [9.17, 15) is 0 Å². The molecule has 3 aliphatic rings. The van der Waals surface area contributed by atoms with Gasteiger partial charge in [-0.15, -0.1) is 5.73 Å². The quantitative estimate of drug-likeness (QED) is 0.167. The molecular weight excluding hydrogens is 617 g/mol. The maximum absolute atomic E-state index is 5.47. The molecule has 0 spiro atoms. The largest absolute Gasteiger partial charge is 0.252 e. The molecular formula is C49H40N2. The van der Waals surface area contributed by atoms with Gasteiger partial charge in [-0.2, -0.15) is 0 Å². The summed E-state index contributed by atoms with van der Waals surface area (Å²) in [6.45, 7) is 6.44. The van der Waals surface area contributed by atoms with Crippen LogP contribution in [0.5, 0.6) is 0 Å². The molecule has 3 aliphatic carbocycles. The van der Waals surface area contributed by atoms with Crippen molar-refractivity contribution in [1.82, 2.24) is 9.97 Å². The first-order valence-electron chi connectivity index (χ1n) is 18.0. The van der Waals surface area contributed by atoms with Gasteiger partial charge in [-0.1, -0.05) is 134 Å². The lowest BCUT2D eigenvalue weighted by molar-refractivity contribution is 0.991. The number of hydrogen-bond donors (Lipinski definition) is 0. The molecule has 3 aromatic carbocycles. The summed E-state index contributed by atoms with van der Waals surface area (Å²) in [7, 11) is 0. The number of rotatable bonds is 6. The Morgan fingerprint density at radius 2 is 1.59 bits per heavy atom. The van der Waals surface area contributed by atoms with Gasteiger partial charge < -0.3 is 0 Å². The average molecular weight is 657 g/mol. The van der Waals surface area contributed by atoms with Crippen molar-refractivity contribution >= 4 is 52.8 Å². The molecule has 2 heteroatoms. The summed E-state index contributed by atoms with van der Waals surface area (Å²) >= 11 is 0. The summed E-state index contributed by atoms with van der Waals surface area (Å²) in [5.74, 6) is 0. The van der Waals surface area contributed by atoms with Crippen molar-refractivity contribution in [3.05, 3.63) is 188 Å². The molecule has 51 heavy (non-hydrogen) atoms. The molecule has 0 atom stereocenters. The van der Waals surface area contributed by atoms with E-state index in [0.717, 1.165) is 57.5 Å². The van der Waals surface area contributed by atoms with Crippen LogP contribution in [0.4, 0.5) is 0 Å². The summed E-state index contributed by atoms with van der Waals surface area (Å²) in [4.78, 5) is 10.9. The normalized spacial score (nSPS) is 14.5. The number of allylic oxidation sites excluding steroid dienone is 9. The van der Waals surface area contributed by atoms with E-state index in [1.54, 1.807) is 0 Å². The van der Waals surface area contributed by atoms with Crippen LogP contribution in [-0.4, -0.2) is 9.97 Å². The molecule has 8 rings (SSSR count). The van der Waals surface area contributed by atoms with Crippen LogP contribution < -0.4 is 10.4 Å². The van der Waals surface area contributed by atoms with Gasteiger partial charge in [0, 0.05) is 28.3 Å². The zero-order chi connectivity index (χ0) is 34.7. The van der Waals surface area contributed by atoms with E-state index in [-0.39, 0.29) is 0 Å². The van der Waals surface area contributed by atoms with Crippen molar-refractivity contribution in [3.63, 3.8) is 0 Å². The monoisotopic (exact) mass is 656 g/mol. The molecule has 0 amide bonds. The maximum Gasteiger partial charge on any atom is 0.0718 e. The second-order valence-electron chi connectivity index (χ2n) is 13.3. The van der Waals surface area contributed by atoms with Gasteiger partial charge in [-0.05, 0) is 101 Å². The van der Waals surface area contributed by atoms with Gasteiger partial charge in [-0.25, -0.2) is 0 Å². The number of aromatic nitrogens is 2. The molecule has 0 saturated carbocycles. The van der Waals surface area contributed by atoms with Crippen LogP contribution in [0.15, 0.2) is 121 Å². The number of fused-ring (bicyclic) bond motifs is 4. The van der Waals surface area contributed by atoms with Gasteiger partial charge in [-0.3, -0.25) is 9.97 Å². The number of aryl methyl sites for hydroxylation is 1. The third kappa shape index (κ3) is 6.39. The SMILES string of the molecule is C/C=C(\C=C/CC)c1cc(C2=CC=c3cccc(C)c3=C=C2)nc2c1C=Cc1c(-c3ccccc3)cc(C3=Cc4ccccc4C=CC3)nc1C2. The fourth-order valence-electron chi connectivity index (χ4n) is 7.27. The summed E-state index contributed by atoms with van der Waals surface area (Å²) in [5.41, 5.74) is 20.5. The van der Waals surface area contributed by atoms with E-state index in [2.05, 4.69) is 178 Å². The Bertz CT molecular complexity index is 2550. The number of hydrogen-bond acceptors (Lipinski definition) is 2. The average Bonchev–Trinajstić information content (AvgIpc) is 3.61. The van der Waals surface area contributed by atoms with Gasteiger partial charge in [0.25, 0.3) is 0 Å². The number of pyridine rings is 2. The first kappa shape index (κ1) is 32.1. The number of nitrogens with zero attached hydrogens (tertiary/aromatic N) is 2. The Balaban J connectivity index is 1.33. The van der Waals surface area contributed by atoms with E-state index in [4.69, 9.17) is 9.97 Å².